The number of pyridine rings is 1. The highest BCUT2D eigenvalue weighted by atomic mass is 35.5. The van der Waals surface area contributed by atoms with Crippen molar-refractivity contribution in [3.05, 3.63) is 52.3 Å². The van der Waals surface area contributed by atoms with Gasteiger partial charge in [-0.05, 0) is 31.2 Å². The third-order valence-corrected chi connectivity index (χ3v) is 3.45. The van der Waals surface area contributed by atoms with Crippen LogP contribution in [0.3, 0.4) is 0 Å². The molecular formula is C15H15Cl2N3O. The zero-order chi connectivity index (χ0) is 15.4. The van der Waals surface area contributed by atoms with Gasteiger partial charge >= 0.3 is 0 Å². The number of hydrogen-bond donors (Lipinski definition) is 1. The zero-order valence-corrected chi connectivity index (χ0v) is 13.2. The Balaban J connectivity index is 2.27. The van der Waals surface area contributed by atoms with Crippen LogP contribution in [0.1, 0.15) is 17.3 Å². The summed E-state index contributed by atoms with van der Waals surface area (Å²) in [5.74, 6) is -0.279. The van der Waals surface area contributed by atoms with Crippen molar-refractivity contribution < 1.29 is 4.79 Å². The number of nitrogens with zero attached hydrogens (tertiary/aromatic N) is 2. The van der Waals surface area contributed by atoms with E-state index < -0.39 is 0 Å². The number of rotatable bonds is 4. The number of nitrogens with one attached hydrogen (secondary N) is 1. The van der Waals surface area contributed by atoms with Gasteiger partial charge in [0.05, 0.1) is 11.4 Å². The predicted octanol–water partition coefficient (Wildman–Crippen LogP) is 4.10. The van der Waals surface area contributed by atoms with Gasteiger partial charge in [0, 0.05) is 19.2 Å². The van der Waals surface area contributed by atoms with Crippen molar-refractivity contribution >= 4 is 40.5 Å². The normalized spacial score (nSPS) is 10.3. The summed E-state index contributed by atoms with van der Waals surface area (Å²) in [6, 6.07) is 10.6. The van der Waals surface area contributed by atoms with Gasteiger partial charge in [0.2, 0.25) is 0 Å². The Kier molecular flexibility index (Phi) is 5.04. The van der Waals surface area contributed by atoms with E-state index in [1.165, 1.54) is 12.1 Å². The average molecular weight is 324 g/mol. The van der Waals surface area contributed by atoms with Gasteiger partial charge in [-0.1, -0.05) is 35.3 Å². The summed E-state index contributed by atoms with van der Waals surface area (Å²) < 4.78 is 0. The molecule has 0 spiro atoms. The molecule has 0 unspecified atom stereocenters. The minimum absolute atomic E-state index is 0.187. The van der Waals surface area contributed by atoms with Crippen LogP contribution >= 0.6 is 23.2 Å². The molecule has 0 aliphatic carbocycles. The van der Waals surface area contributed by atoms with E-state index in [0.29, 0.717) is 5.56 Å². The fraction of sp³-hybridized carbons (Fsp3) is 0.200. The molecule has 0 bridgehead atoms. The Hall–Kier alpha value is -1.78. The van der Waals surface area contributed by atoms with Gasteiger partial charge < -0.3 is 10.2 Å². The molecule has 6 heteroatoms. The summed E-state index contributed by atoms with van der Waals surface area (Å²) >= 11 is 11.6. The molecule has 21 heavy (non-hydrogen) atoms. The minimum Gasteiger partial charge on any atom is -0.373 e. The van der Waals surface area contributed by atoms with Crippen LogP contribution in [0.15, 0.2) is 36.4 Å². The van der Waals surface area contributed by atoms with Crippen LogP contribution in [-0.4, -0.2) is 24.5 Å². The summed E-state index contributed by atoms with van der Waals surface area (Å²) in [5, 5.41) is 3.24. The molecule has 1 N–H and O–H groups in total. The number of carbonyl (C=O) groups excluding carboxylic acids is 1. The molecule has 0 fully saturated rings. The maximum Gasteiger partial charge on any atom is 0.255 e. The molecule has 1 aromatic carbocycles. The number of para-hydroxylation sites is 2. The topological polar surface area (TPSA) is 45.2 Å². The number of hydrogen-bond acceptors (Lipinski definition) is 3. The molecule has 1 aromatic heterocycles. The van der Waals surface area contributed by atoms with Gasteiger partial charge in [-0.3, -0.25) is 4.79 Å². The Morgan fingerprint density at radius 1 is 1.24 bits per heavy atom. The largest absolute Gasteiger partial charge is 0.373 e. The van der Waals surface area contributed by atoms with Crippen molar-refractivity contribution in [3.63, 3.8) is 0 Å². The lowest BCUT2D eigenvalue weighted by molar-refractivity contribution is 0.102. The van der Waals surface area contributed by atoms with Crippen LogP contribution in [0.25, 0.3) is 0 Å². The Morgan fingerprint density at radius 3 is 2.48 bits per heavy atom. The first-order valence-corrected chi connectivity index (χ1v) is 7.21. The second-order valence-corrected chi connectivity index (χ2v) is 5.26. The lowest BCUT2D eigenvalue weighted by Crippen LogP contribution is -2.20. The van der Waals surface area contributed by atoms with Crippen molar-refractivity contribution in [3.8, 4) is 0 Å². The average Bonchev–Trinajstić information content (AvgIpc) is 2.46. The van der Waals surface area contributed by atoms with Crippen molar-refractivity contribution in [2.75, 3.05) is 23.8 Å². The lowest BCUT2D eigenvalue weighted by atomic mass is 10.2. The number of anilines is 2. The van der Waals surface area contributed by atoms with E-state index in [4.69, 9.17) is 23.2 Å². The molecule has 0 aliphatic heterocycles. The summed E-state index contributed by atoms with van der Waals surface area (Å²) in [5.41, 5.74) is 2.05. The maximum atomic E-state index is 12.3. The highest BCUT2D eigenvalue weighted by Crippen LogP contribution is 2.25. The maximum absolute atomic E-state index is 12.3. The van der Waals surface area contributed by atoms with E-state index in [2.05, 4.69) is 10.3 Å². The third kappa shape index (κ3) is 3.86. The van der Waals surface area contributed by atoms with E-state index in [1.807, 2.05) is 43.1 Å². The van der Waals surface area contributed by atoms with Crippen LogP contribution in [0.4, 0.5) is 11.4 Å². The summed E-state index contributed by atoms with van der Waals surface area (Å²) in [4.78, 5) is 18.2. The monoisotopic (exact) mass is 323 g/mol. The van der Waals surface area contributed by atoms with Gasteiger partial charge in [-0.15, -0.1) is 0 Å². The summed E-state index contributed by atoms with van der Waals surface area (Å²) in [7, 11) is 1.96. The fourth-order valence-electron chi connectivity index (χ4n) is 1.87. The molecule has 0 saturated carbocycles. The van der Waals surface area contributed by atoms with E-state index in [9.17, 15) is 4.79 Å². The van der Waals surface area contributed by atoms with Crippen molar-refractivity contribution in [1.29, 1.82) is 0 Å². The molecule has 2 rings (SSSR count). The standard InChI is InChI=1S/C15H15Cl2N3O/c1-3-20(2)12-7-5-4-6-11(12)18-15(21)10-8-13(16)19-14(17)9-10/h4-9H,3H2,1-2H3,(H,18,21). The van der Waals surface area contributed by atoms with Gasteiger partial charge in [-0.2, -0.15) is 0 Å². The van der Waals surface area contributed by atoms with Crippen molar-refractivity contribution in [2.45, 2.75) is 6.92 Å². The summed E-state index contributed by atoms with van der Waals surface area (Å²) in [6.45, 7) is 2.88. The number of halogens is 2. The second kappa shape index (κ2) is 6.78. The van der Waals surface area contributed by atoms with Crippen LogP contribution in [0.2, 0.25) is 10.3 Å². The molecule has 0 aliphatic rings. The second-order valence-electron chi connectivity index (χ2n) is 4.49. The van der Waals surface area contributed by atoms with Gasteiger partial charge in [-0.25, -0.2) is 4.98 Å². The van der Waals surface area contributed by atoms with Crippen LogP contribution in [0.5, 0.6) is 0 Å². The Labute approximate surface area is 133 Å². The molecule has 1 amide bonds. The van der Waals surface area contributed by atoms with Crippen LogP contribution in [-0.2, 0) is 0 Å². The molecule has 4 nitrogen and oxygen atoms in total. The van der Waals surface area contributed by atoms with E-state index in [0.717, 1.165) is 17.9 Å². The predicted molar refractivity (Wildman–Crippen MR) is 87.6 cm³/mol. The SMILES string of the molecule is CCN(C)c1ccccc1NC(=O)c1cc(Cl)nc(Cl)c1. The molecule has 1 heterocycles. The van der Waals surface area contributed by atoms with Gasteiger partial charge in [0.15, 0.2) is 0 Å². The first-order valence-electron chi connectivity index (χ1n) is 6.46. The van der Waals surface area contributed by atoms with Gasteiger partial charge in [0.25, 0.3) is 5.91 Å². The van der Waals surface area contributed by atoms with Crippen molar-refractivity contribution in [1.82, 2.24) is 4.98 Å². The molecule has 0 saturated heterocycles. The molecule has 0 atom stereocenters. The number of aromatic nitrogens is 1. The smallest absolute Gasteiger partial charge is 0.255 e. The number of carbonyl (C=O) groups is 1. The fourth-order valence-corrected chi connectivity index (χ4v) is 2.33. The molecule has 110 valence electrons. The number of benzene rings is 1. The highest BCUT2D eigenvalue weighted by Gasteiger charge is 2.12. The lowest BCUT2D eigenvalue weighted by Gasteiger charge is -2.20. The third-order valence-electron chi connectivity index (χ3n) is 3.06. The van der Waals surface area contributed by atoms with Crippen molar-refractivity contribution in [2.24, 2.45) is 0 Å². The van der Waals surface area contributed by atoms with Crippen LogP contribution < -0.4 is 10.2 Å². The number of amides is 1. The Morgan fingerprint density at radius 2 is 1.86 bits per heavy atom. The Bertz CT molecular complexity index is 641. The molecule has 0 radical (unpaired) electrons. The van der Waals surface area contributed by atoms with Gasteiger partial charge in [0.1, 0.15) is 10.3 Å². The van der Waals surface area contributed by atoms with Crippen LogP contribution in [0, 0.1) is 0 Å². The quantitative estimate of drug-likeness (QED) is 0.861. The molecular weight excluding hydrogens is 309 g/mol. The minimum atomic E-state index is -0.279. The van der Waals surface area contributed by atoms with E-state index >= 15 is 0 Å². The van der Waals surface area contributed by atoms with E-state index in [-0.39, 0.29) is 16.2 Å². The van der Waals surface area contributed by atoms with E-state index in [1.54, 1.807) is 0 Å². The molecule has 2 aromatic rings. The highest BCUT2D eigenvalue weighted by molar-refractivity contribution is 6.33. The first kappa shape index (κ1) is 15.6. The first-order chi connectivity index (χ1) is 10.0. The zero-order valence-electron chi connectivity index (χ0n) is 11.7. The summed E-state index contributed by atoms with van der Waals surface area (Å²) in [6.07, 6.45) is 0.